The summed E-state index contributed by atoms with van der Waals surface area (Å²) in [4.78, 5) is 0. The van der Waals surface area contributed by atoms with Crippen LogP contribution in [0.4, 0.5) is 0 Å². The molecule has 0 amide bonds. The molecule has 3 rings (SSSR count). The van der Waals surface area contributed by atoms with Gasteiger partial charge in [-0.25, -0.2) is 0 Å². The van der Waals surface area contributed by atoms with E-state index in [1.807, 2.05) is 18.2 Å². The molecule has 20 heavy (non-hydrogen) atoms. The standard InChI is InChI=1S/C16H20N2OS/c1-12-7-5-6-10-14(12)15-17-18-16(19-15)20-11-13-8-3-2-4-9-13/h5-7,10,13H,2-4,8-9,11H2,1H3. The van der Waals surface area contributed by atoms with Crippen LogP contribution in [0.5, 0.6) is 0 Å². The van der Waals surface area contributed by atoms with E-state index in [0.29, 0.717) is 11.1 Å². The number of rotatable bonds is 4. The number of aromatic nitrogens is 2. The Morgan fingerprint density at radius 3 is 2.75 bits per heavy atom. The van der Waals surface area contributed by atoms with Crippen LogP contribution in [0.1, 0.15) is 37.7 Å². The highest BCUT2D eigenvalue weighted by Gasteiger charge is 2.16. The number of aryl methyl sites for hydroxylation is 1. The van der Waals surface area contributed by atoms with Crippen LogP contribution in [0.25, 0.3) is 11.5 Å². The molecule has 0 unspecified atom stereocenters. The number of hydrogen-bond donors (Lipinski definition) is 0. The van der Waals surface area contributed by atoms with E-state index in [0.717, 1.165) is 17.2 Å². The third-order valence-electron chi connectivity index (χ3n) is 3.95. The maximum Gasteiger partial charge on any atom is 0.276 e. The summed E-state index contributed by atoms with van der Waals surface area (Å²) in [5.41, 5.74) is 2.20. The van der Waals surface area contributed by atoms with E-state index in [1.54, 1.807) is 11.8 Å². The molecule has 2 aromatic rings. The summed E-state index contributed by atoms with van der Waals surface area (Å²) < 4.78 is 5.78. The first-order valence-corrected chi connectivity index (χ1v) is 8.34. The Labute approximate surface area is 124 Å². The van der Waals surface area contributed by atoms with Crippen molar-refractivity contribution in [3.63, 3.8) is 0 Å². The molecular weight excluding hydrogens is 268 g/mol. The quantitative estimate of drug-likeness (QED) is 0.763. The smallest absolute Gasteiger partial charge is 0.276 e. The number of thioether (sulfide) groups is 1. The van der Waals surface area contributed by atoms with E-state index in [1.165, 1.54) is 37.7 Å². The van der Waals surface area contributed by atoms with Crippen LogP contribution in [-0.2, 0) is 0 Å². The molecule has 0 saturated heterocycles. The normalized spacial score (nSPS) is 16.4. The van der Waals surface area contributed by atoms with Crippen molar-refractivity contribution in [1.82, 2.24) is 10.2 Å². The Hall–Kier alpha value is -1.29. The monoisotopic (exact) mass is 288 g/mol. The van der Waals surface area contributed by atoms with Gasteiger partial charge in [0.15, 0.2) is 0 Å². The Bertz CT molecular complexity index is 561. The molecule has 4 heteroatoms. The number of benzene rings is 1. The van der Waals surface area contributed by atoms with Crippen molar-refractivity contribution < 1.29 is 4.42 Å². The average molecular weight is 288 g/mol. The van der Waals surface area contributed by atoms with Crippen LogP contribution in [0.3, 0.4) is 0 Å². The molecule has 1 aliphatic carbocycles. The Balaban J connectivity index is 1.63. The zero-order valence-corrected chi connectivity index (χ0v) is 12.7. The lowest BCUT2D eigenvalue weighted by Crippen LogP contribution is -2.08. The molecule has 1 fully saturated rings. The minimum atomic E-state index is 0.634. The van der Waals surface area contributed by atoms with Crippen molar-refractivity contribution in [1.29, 1.82) is 0 Å². The van der Waals surface area contributed by atoms with E-state index >= 15 is 0 Å². The first-order chi connectivity index (χ1) is 9.83. The Kier molecular flexibility index (Phi) is 4.41. The van der Waals surface area contributed by atoms with E-state index < -0.39 is 0 Å². The fourth-order valence-electron chi connectivity index (χ4n) is 2.73. The maximum absolute atomic E-state index is 5.78. The summed E-state index contributed by atoms with van der Waals surface area (Å²) in [6.07, 6.45) is 6.86. The molecule has 0 spiro atoms. The van der Waals surface area contributed by atoms with Gasteiger partial charge in [-0.3, -0.25) is 0 Å². The second-order valence-corrected chi connectivity index (χ2v) is 6.47. The SMILES string of the molecule is Cc1ccccc1-c1nnc(SCC2CCCCC2)o1. The topological polar surface area (TPSA) is 38.9 Å². The lowest BCUT2D eigenvalue weighted by Gasteiger charge is -2.19. The highest BCUT2D eigenvalue weighted by molar-refractivity contribution is 7.99. The first-order valence-electron chi connectivity index (χ1n) is 7.35. The van der Waals surface area contributed by atoms with Gasteiger partial charge in [-0.05, 0) is 37.3 Å². The van der Waals surface area contributed by atoms with Gasteiger partial charge < -0.3 is 4.42 Å². The molecule has 1 aromatic carbocycles. The first kappa shape index (κ1) is 13.7. The zero-order valence-electron chi connectivity index (χ0n) is 11.8. The van der Waals surface area contributed by atoms with Crippen LogP contribution in [0.2, 0.25) is 0 Å². The van der Waals surface area contributed by atoms with Crippen LogP contribution in [0, 0.1) is 12.8 Å². The number of nitrogens with zero attached hydrogens (tertiary/aromatic N) is 2. The molecule has 3 nitrogen and oxygen atoms in total. The summed E-state index contributed by atoms with van der Waals surface area (Å²) >= 11 is 1.71. The van der Waals surface area contributed by atoms with Gasteiger partial charge in [0.1, 0.15) is 0 Å². The van der Waals surface area contributed by atoms with E-state index in [-0.39, 0.29) is 0 Å². The van der Waals surface area contributed by atoms with Gasteiger partial charge in [-0.15, -0.1) is 10.2 Å². The van der Waals surface area contributed by atoms with Gasteiger partial charge >= 0.3 is 0 Å². The average Bonchev–Trinajstić information content (AvgIpc) is 2.95. The number of hydrogen-bond acceptors (Lipinski definition) is 4. The van der Waals surface area contributed by atoms with Gasteiger partial charge in [-0.1, -0.05) is 49.2 Å². The molecule has 0 bridgehead atoms. The van der Waals surface area contributed by atoms with Crippen molar-refractivity contribution in [2.24, 2.45) is 5.92 Å². The largest absolute Gasteiger partial charge is 0.411 e. The molecule has 0 atom stereocenters. The summed E-state index contributed by atoms with van der Waals surface area (Å²) in [6, 6.07) is 8.11. The summed E-state index contributed by atoms with van der Waals surface area (Å²) in [7, 11) is 0. The van der Waals surface area contributed by atoms with Crippen LogP contribution >= 0.6 is 11.8 Å². The van der Waals surface area contributed by atoms with Gasteiger partial charge in [0, 0.05) is 11.3 Å². The van der Waals surface area contributed by atoms with Crippen LogP contribution in [-0.4, -0.2) is 16.0 Å². The second kappa shape index (κ2) is 6.44. The Morgan fingerprint density at radius 1 is 1.15 bits per heavy atom. The van der Waals surface area contributed by atoms with Crippen molar-refractivity contribution in [2.75, 3.05) is 5.75 Å². The lowest BCUT2D eigenvalue weighted by atomic mass is 9.91. The van der Waals surface area contributed by atoms with E-state index in [9.17, 15) is 0 Å². The van der Waals surface area contributed by atoms with Gasteiger partial charge in [-0.2, -0.15) is 0 Å². The predicted molar refractivity (Wildman–Crippen MR) is 81.8 cm³/mol. The molecule has 1 aromatic heterocycles. The van der Waals surface area contributed by atoms with Crippen molar-refractivity contribution >= 4 is 11.8 Å². The molecule has 0 aliphatic heterocycles. The third-order valence-corrected chi connectivity index (χ3v) is 5.00. The highest BCUT2D eigenvalue weighted by atomic mass is 32.2. The minimum Gasteiger partial charge on any atom is -0.411 e. The lowest BCUT2D eigenvalue weighted by molar-refractivity contribution is 0.389. The second-order valence-electron chi connectivity index (χ2n) is 5.50. The fraction of sp³-hybridized carbons (Fsp3) is 0.500. The molecule has 1 saturated carbocycles. The predicted octanol–water partition coefficient (Wildman–Crippen LogP) is 4.72. The van der Waals surface area contributed by atoms with Gasteiger partial charge in [0.05, 0.1) is 0 Å². The summed E-state index contributed by atoms with van der Waals surface area (Å²) in [5, 5.41) is 9.04. The van der Waals surface area contributed by atoms with Crippen LogP contribution in [0.15, 0.2) is 33.9 Å². The molecule has 0 radical (unpaired) electrons. The molecular formula is C16H20N2OS. The summed E-state index contributed by atoms with van der Waals surface area (Å²) in [6.45, 7) is 2.06. The Morgan fingerprint density at radius 2 is 1.95 bits per heavy atom. The van der Waals surface area contributed by atoms with Crippen molar-refractivity contribution in [2.45, 2.75) is 44.3 Å². The molecule has 106 valence electrons. The third kappa shape index (κ3) is 3.23. The molecule has 1 heterocycles. The van der Waals surface area contributed by atoms with Gasteiger partial charge in [0.2, 0.25) is 5.89 Å². The van der Waals surface area contributed by atoms with E-state index in [2.05, 4.69) is 23.2 Å². The van der Waals surface area contributed by atoms with Gasteiger partial charge in [0.25, 0.3) is 5.22 Å². The van der Waals surface area contributed by atoms with Crippen molar-refractivity contribution in [3.05, 3.63) is 29.8 Å². The highest BCUT2D eigenvalue weighted by Crippen LogP contribution is 2.31. The van der Waals surface area contributed by atoms with E-state index in [4.69, 9.17) is 4.42 Å². The maximum atomic E-state index is 5.78. The zero-order chi connectivity index (χ0) is 13.8. The minimum absolute atomic E-state index is 0.634. The molecule has 0 N–H and O–H groups in total. The fourth-order valence-corrected chi connectivity index (χ4v) is 3.68. The molecule has 1 aliphatic rings. The van der Waals surface area contributed by atoms with Crippen molar-refractivity contribution in [3.8, 4) is 11.5 Å². The summed E-state index contributed by atoms with van der Waals surface area (Å²) in [5.74, 6) is 2.56. The van der Waals surface area contributed by atoms with Crippen LogP contribution < -0.4 is 0 Å².